The highest BCUT2D eigenvalue weighted by molar-refractivity contribution is 5.43. The van der Waals surface area contributed by atoms with Crippen LogP contribution in [0.1, 0.15) is 18.4 Å². The Balaban J connectivity index is 1.66. The lowest BCUT2D eigenvalue weighted by molar-refractivity contribution is -0.0512. The zero-order chi connectivity index (χ0) is 15.7. The average molecular weight is 312 g/mol. The Morgan fingerprint density at radius 2 is 2.09 bits per heavy atom. The highest BCUT2D eigenvalue weighted by atomic mass is 19.3. The fourth-order valence-electron chi connectivity index (χ4n) is 3.79. The third-order valence-electron chi connectivity index (χ3n) is 4.84. The third-order valence-corrected chi connectivity index (χ3v) is 4.84. The molecule has 1 aliphatic heterocycles. The number of likely N-dealkylation sites (tertiary alicyclic amines) is 1. The minimum absolute atomic E-state index is 0.0709. The molecule has 1 aliphatic carbocycles. The Bertz CT molecular complexity index is 527. The van der Waals surface area contributed by atoms with Crippen LogP contribution in [-0.4, -0.2) is 37.8 Å². The van der Waals surface area contributed by atoms with Gasteiger partial charge < -0.3 is 15.2 Å². The van der Waals surface area contributed by atoms with Crippen molar-refractivity contribution in [2.24, 2.45) is 17.6 Å². The van der Waals surface area contributed by atoms with Gasteiger partial charge in [-0.05, 0) is 42.4 Å². The second kappa shape index (κ2) is 6.38. The van der Waals surface area contributed by atoms with Gasteiger partial charge in [-0.15, -0.1) is 0 Å². The van der Waals surface area contributed by atoms with Crippen molar-refractivity contribution in [1.82, 2.24) is 4.90 Å². The average Bonchev–Trinajstić information content (AvgIpc) is 3.02. The number of methoxy groups -OCH3 is 1. The van der Waals surface area contributed by atoms with E-state index in [0.29, 0.717) is 23.6 Å². The van der Waals surface area contributed by atoms with Gasteiger partial charge in [0, 0.05) is 25.7 Å². The first kappa shape index (κ1) is 15.5. The van der Waals surface area contributed by atoms with Crippen LogP contribution >= 0.6 is 0 Å². The van der Waals surface area contributed by atoms with E-state index in [2.05, 4.69) is 9.64 Å². The predicted octanol–water partition coefficient (Wildman–Crippen LogP) is 2.47. The Kier molecular flexibility index (Phi) is 4.49. The van der Waals surface area contributed by atoms with Crippen molar-refractivity contribution in [2.75, 3.05) is 20.2 Å². The molecule has 2 fully saturated rings. The van der Waals surface area contributed by atoms with Crippen molar-refractivity contribution in [3.05, 3.63) is 23.8 Å². The Hall–Kier alpha value is -1.40. The van der Waals surface area contributed by atoms with Crippen molar-refractivity contribution in [3.8, 4) is 11.5 Å². The van der Waals surface area contributed by atoms with Crippen LogP contribution in [0.4, 0.5) is 8.78 Å². The van der Waals surface area contributed by atoms with E-state index in [1.807, 2.05) is 6.07 Å². The van der Waals surface area contributed by atoms with Gasteiger partial charge in [0.25, 0.3) is 0 Å². The maximum atomic E-state index is 12.3. The van der Waals surface area contributed by atoms with Crippen LogP contribution in [-0.2, 0) is 6.54 Å². The van der Waals surface area contributed by atoms with Crippen LogP contribution in [0.15, 0.2) is 18.2 Å². The number of benzene rings is 1. The van der Waals surface area contributed by atoms with Gasteiger partial charge in [0.1, 0.15) is 0 Å². The van der Waals surface area contributed by atoms with E-state index in [1.165, 1.54) is 13.5 Å². The number of rotatable bonds is 5. The molecule has 1 heterocycles. The normalized spacial score (nSPS) is 28.1. The lowest BCUT2D eigenvalue weighted by atomic mass is 9.98. The molecule has 0 amide bonds. The molecule has 3 atom stereocenters. The van der Waals surface area contributed by atoms with Gasteiger partial charge in [-0.2, -0.15) is 8.78 Å². The van der Waals surface area contributed by atoms with E-state index in [9.17, 15) is 8.78 Å². The molecule has 0 aromatic heterocycles. The van der Waals surface area contributed by atoms with Crippen molar-refractivity contribution < 1.29 is 18.3 Å². The smallest absolute Gasteiger partial charge is 0.387 e. The summed E-state index contributed by atoms with van der Waals surface area (Å²) in [5, 5.41) is 0. The summed E-state index contributed by atoms with van der Waals surface area (Å²) in [4.78, 5) is 2.39. The van der Waals surface area contributed by atoms with Gasteiger partial charge in [-0.25, -0.2) is 0 Å². The van der Waals surface area contributed by atoms with Gasteiger partial charge in [-0.1, -0.05) is 6.07 Å². The van der Waals surface area contributed by atoms with Crippen LogP contribution in [0.25, 0.3) is 0 Å². The zero-order valence-corrected chi connectivity index (χ0v) is 12.7. The number of nitrogens with two attached hydrogens (primary N) is 1. The number of hydrogen-bond donors (Lipinski definition) is 1. The molecule has 3 rings (SSSR count). The van der Waals surface area contributed by atoms with E-state index >= 15 is 0 Å². The number of fused-ring (bicyclic) bond motifs is 1. The third kappa shape index (κ3) is 3.17. The van der Waals surface area contributed by atoms with Crippen molar-refractivity contribution >= 4 is 0 Å². The summed E-state index contributed by atoms with van der Waals surface area (Å²) in [7, 11) is 1.46. The van der Waals surface area contributed by atoms with E-state index in [4.69, 9.17) is 10.5 Å². The first-order chi connectivity index (χ1) is 10.6. The molecule has 1 saturated heterocycles. The summed E-state index contributed by atoms with van der Waals surface area (Å²) in [6.45, 7) is 0.0175. The fraction of sp³-hybridized carbons (Fsp3) is 0.625. The molecule has 3 unspecified atom stereocenters. The number of halogens is 2. The molecule has 0 bridgehead atoms. The summed E-state index contributed by atoms with van der Waals surface area (Å²) < 4.78 is 34.3. The monoisotopic (exact) mass is 312 g/mol. The standard InChI is InChI=1S/C16H22F2N2O2/c1-21-15-6-10(2-5-14(15)22-16(17)18)7-20-8-11-3-4-13(19)12(11)9-20/h2,5-6,11-13,16H,3-4,7-9,19H2,1H3. The van der Waals surface area contributed by atoms with E-state index in [0.717, 1.165) is 31.6 Å². The minimum atomic E-state index is -2.85. The first-order valence-corrected chi connectivity index (χ1v) is 7.66. The van der Waals surface area contributed by atoms with E-state index < -0.39 is 6.61 Å². The molecule has 2 N–H and O–H groups in total. The molecule has 22 heavy (non-hydrogen) atoms. The van der Waals surface area contributed by atoms with Gasteiger partial charge in [0.05, 0.1) is 7.11 Å². The molecule has 1 aromatic rings. The number of nitrogens with zero attached hydrogens (tertiary/aromatic N) is 1. The molecule has 2 aliphatic rings. The summed E-state index contributed by atoms with van der Waals surface area (Å²) in [5.41, 5.74) is 7.19. The minimum Gasteiger partial charge on any atom is -0.493 e. The van der Waals surface area contributed by atoms with Crippen LogP contribution < -0.4 is 15.2 Å². The summed E-state index contributed by atoms with van der Waals surface area (Å²) in [6.07, 6.45) is 2.35. The van der Waals surface area contributed by atoms with Gasteiger partial charge >= 0.3 is 6.61 Å². The lowest BCUT2D eigenvalue weighted by Crippen LogP contribution is -2.30. The van der Waals surface area contributed by atoms with Crippen LogP contribution in [0, 0.1) is 11.8 Å². The molecular formula is C16H22F2N2O2. The van der Waals surface area contributed by atoms with Crippen LogP contribution in [0.2, 0.25) is 0 Å². The second-order valence-corrected chi connectivity index (χ2v) is 6.22. The maximum Gasteiger partial charge on any atom is 0.387 e. The van der Waals surface area contributed by atoms with Crippen LogP contribution in [0.3, 0.4) is 0 Å². The number of hydrogen-bond acceptors (Lipinski definition) is 4. The quantitative estimate of drug-likeness (QED) is 0.907. The molecule has 4 nitrogen and oxygen atoms in total. The van der Waals surface area contributed by atoms with Gasteiger partial charge in [0.15, 0.2) is 11.5 Å². The summed E-state index contributed by atoms with van der Waals surface area (Å²) in [6, 6.07) is 5.45. The zero-order valence-electron chi connectivity index (χ0n) is 12.7. The molecule has 0 radical (unpaired) electrons. The van der Waals surface area contributed by atoms with E-state index in [1.54, 1.807) is 12.1 Å². The Labute approximate surface area is 129 Å². The van der Waals surface area contributed by atoms with Crippen molar-refractivity contribution in [2.45, 2.75) is 32.0 Å². The molecule has 122 valence electrons. The highest BCUT2D eigenvalue weighted by Crippen LogP contribution is 2.38. The second-order valence-electron chi connectivity index (χ2n) is 6.22. The molecule has 1 aromatic carbocycles. The molecular weight excluding hydrogens is 290 g/mol. The SMILES string of the molecule is COc1cc(CN2CC3CCC(N)C3C2)ccc1OC(F)F. The van der Waals surface area contributed by atoms with Crippen molar-refractivity contribution in [1.29, 1.82) is 0 Å². The molecule has 1 saturated carbocycles. The molecule has 0 spiro atoms. The van der Waals surface area contributed by atoms with Crippen LogP contribution in [0.5, 0.6) is 11.5 Å². The first-order valence-electron chi connectivity index (χ1n) is 7.66. The molecule has 6 heteroatoms. The van der Waals surface area contributed by atoms with Crippen molar-refractivity contribution in [3.63, 3.8) is 0 Å². The summed E-state index contributed by atoms with van der Waals surface area (Å²) in [5.74, 6) is 1.72. The largest absolute Gasteiger partial charge is 0.493 e. The Morgan fingerprint density at radius 3 is 2.77 bits per heavy atom. The highest BCUT2D eigenvalue weighted by Gasteiger charge is 2.40. The van der Waals surface area contributed by atoms with Gasteiger partial charge in [0.2, 0.25) is 0 Å². The number of ether oxygens (including phenoxy) is 2. The fourth-order valence-corrected chi connectivity index (χ4v) is 3.79. The van der Waals surface area contributed by atoms with E-state index in [-0.39, 0.29) is 5.75 Å². The predicted molar refractivity (Wildman–Crippen MR) is 79.1 cm³/mol. The number of alkyl halides is 2. The maximum absolute atomic E-state index is 12.3. The Morgan fingerprint density at radius 1 is 1.27 bits per heavy atom. The topological polar surface area (TPSA) is 47.7 Å². The van der Waals surface area contributed by atoms with Gasteiger partial charge in [-0.3, -0.25) is 4.90 Å². The lowest BCUT2D eigenvalue weighted by Gasteiger charge is -2.19. The summed E-state index contributed by atoms with van der Waals surface area (Å²) >= 11 is 0.